The van der Waals surface area contributed by atoms with Crippen molar-refractivity contribution in [2.24, 2.45) is 0 Å². The maximum atomic E-state index is 11.5. The molecule has 0 aliphatic rings. The second kappa shape index (κ2) is 9.41. The average molecular weight is 315 g/mol. The highest BCUT2D eigenvalue weighted by atomic mass is 28.4. The average Bonchev–Trinajstić information content (AvgIpc) is 2.38. The normalized spacial score (nSPS) is 14.4. The fraction of sp³-hybridized carbons (Fsp3) is 0.824. The smallest absolute Gasteiger partial charge is 0.330 e. The monoisotopic (exact) mass is 314 g/mol. The molecule has 0 aliphatic carbocycles. The molecule has 3 nitrogen and oxygen atoms in total. The fourth-order valence-electron chi connectivity index (χ4n) is 3.31. The first-order valence-electron chi connectivity index (χ1n) is 8.24. The van der Waals surface area contributed by atoms with Crippen LogP contribution in [0.5, 0.6) is 0 Å². The third-order valence-corrected chi connectivity index (χ3v) is 10.3. The van der Waals surface area contributed by atoms with Gasteiger partial charge >= 0.3 is 5.97 Å². The Labute approximate surface area is 132 Å². The minimum atomic E-state index is -1.91. The summed E-state index contributed by atoms with van der Waals surface area (Å²) in [6.07, 6.45) is 4.25. The van der Waals surface area contributed by atoms with Crippen molar-refractivity contribution in [2.45, 2.75) is 84.5 Å². The van der Waals surface area contributed by atoms with E-state index in [0.29, 0.717) is 23.2 Å². The van der Waals surface area contributed by atoms with E-state index in [1.54, 1.807) is 0 Å². The molecule has 0 saturated carbocycles. The van der Waals surface area contributed by atoms with Crippen molar-refractivity contribution in [1.29, 1.82) is 0 Å². The maximum absolute atomic E-state index is 11.5. The van der Waals surface area contributed by atoms with Gasteiger partial charge in [-0.25, -0.2) is 4.79 Å². The minimum absolute atomic E-state index is 0.00623. The van der Waals surface area contributed by atoms with Gasteiger partial charge in [-0.1, -0.05) is 48.5 Å². The summed E-state index contributed by atoms with van der Waals surface area (Å²) in [6.45, 7) is 17.9. The molecule has 0 rings (SSSR count). The molecular formula is C17H34O3Si. The molecule has 0 spiro atoms. The number of esters is 1. The lowest BCUT2D eigenvalue weighted by atomic mass is 10.2. The first-order valence-corrected chi connectivity index (χ1v) is 10.4. The minimum Gasteiger partial charge on any atom is -0.463 e. The van der Waals surface area contributed by atoms with Gasteiger partial charge in [-0.15, -0.1) is 0 Å². The predicted molar refractivity (Wildman–Crippen MR) is 92.0 cm³/mol. The Kier molecular flexibility index (Phi) is 9.14. The highest BCUT2D eigenvalue weighted by molar-refractivity contribution is 6.77. The third-order valence-electron chi connectivity index (χ3n) is 4.20. The Morgan fingerprint density at radius 3 is 1.81 bits per heavy atom. The standard InChI is InChI=1S/C17H34O3Si/c1-9-16(11-12-17(18)19-10-2)20-21(13(3)4,14(5)6)15(7)8/h11-16H,9-10H2,1-8H3/b12-11+/t16-/m1/s1. The quantitative estimate of drug-likeness (QED) is 0.338. The van der Waals surface area contributed by atoms with E-state index in [9.17, 15) is 4.79 Å². The molecule has 0 aromatic carbocycles. The van der Waals surface area contributed by atoms with E-state index in [1.807, 2.05) is 13.0 Å². The van der Waals surface area contributed by atoms with Gasteiger partial charge in [-0.05, 0) is 36.0 Å². The van der Waals surface area contributed by atoms with Crippen LogP contribution < -0.4 is 0 Å². The zero-order valence-electron chi connectivity index (χ0n) is 15.1. The van der Waals surface area contributed by atoms with Crippen LogP contribution in [0.25, 0.3) is 0 Å². The van der Waals surface area contributed by atoms with Gasteiger partial charge in [0.1, 0.15) is 0 Å². The SMILES string of the molecule is CCOC(=O)/C=C/[C@@H](CC)O[Si](C(C)C)(C(C)C)C(C)C. The molecule has 0 aromatic rings. The van der Waals surface area contributed by atoms with Crippen molar-refractivity contribution in [3.05, 3.63) is 12.2 Å². The van der Waals surface area contributed by atoms with E-state index in [-0.39, 0.29) is 12.1 Å². The van der Waals surface area contributed by atoms with Crippen LogP contribution in [-0.2, 0) is 14.0 Å². The van der Waals surface area contributed by atoms with Gasteiger partial charge in [0.25, 0.3) is 0 Å². The molecule has 1 atom stereocenters. The first kappa shape index (κ1) is 20.4. The molecule has 0 bridgehead atoms. The molecule has 4 heteroatoms. The van der Waals surface area contributed by atoms with Crippen molar-refractivity contribution in [2.75, 3.05) is 6.61 Å². The molecule has 0 heterocycles. The van der Waals surface area contributed by atoms with Crippen LogP contribution >= 0.6 is 0 Å². The lowest BCUT2D eigenvalue weighted by Gasteiger charge is -2.44. The van der Waals surface area contributed by atoms with Crippen molar-refractivity contribution in [1.82, 2.24) is 0 Å². The van der Waals surface area contributed by atoms with Crippen LogP contribution in [0.4, 0.5) is 0 Å². The zero-order chi connectivity index (χ0) is 16.6. The van der Waals surface area contributed by atoms with E-state index < -0.39 is 8.32 Å². The Bertz CT molecular complexity index is 313. The van der Waals surface area contributed by atoms with Gasteiger partial charge in [0.05, 0.1) is 12.7 Å². The Morgan fingerprint density at radius 2 is 1.48 bits per heavy atom. The fourth-order valence-corrected chi connectivity index (χ4v) is 8.89. The Hall–Kier alpha value is -0.613. The Balaban J connectivity index is 5.16. The Morgan fingerprint density at radius 1 is 1.00 bits per heavy atom. The molecule has 0 N–H and O–H groups in total. The maximum Gasteiger partial charge on any atom is 0.330 e. The number of carbonyl (C=O) groups excluding carboxylic acids is 1. The summed E-state index contributed by atoms with van der Waals surface area (Å²) >= 11 is 0. The van der Waals surface area contributed by atoms with E-state index >= 15 is 0 Å². The van der Waals surface area contributed by atoms with Crippen LogP contribution in [0.15, 0.2) is 12.2 Å². The van der Waals surface area contributed by atoms with Gasteiger partial charge in [-0.3, -0.25) is 0 Å². The van der Waals surface area contributed by atoms with Crippen molar-refractivity contribution in [3.63, 3.8) is 0 Å². The zero-order valence-corrected chi connectivity index (χ0v) is 16.1. The predicted octanol–water partition coefficient (Wildman–Crippen LogP) is 5.08. The summed E-state index contributed by atoms with van der Waals surface area (Å²) in [5.74, 6) is -0.287. The topological polar surface area (TPSA) is 35.5 Å². The summed E-state index contributed by atoms with van der Waals surface area (Å²) in [4.78, 5) is 11.5. The lowest BCUT2D eigenvalue weighted by Crippen LogP contribution is -2.49. The van der Waals surface area contributed by atoms with Gasteiger partial charge in [-0.2, -0.15) is 0 Å². The van der Waals surface area contributed by atoms with Crippen LogP contribution in [0, 0.1) is 0 Å². The molecule has 0 fully saturated rings. The number of ether oxygens (including phenoxy) is 1. The van der Waals surface area contributed by atoms with Gasteiger partial charge in [0.15, 0.2) is 0 Å². The van der Waals surface area contributed by atoms with Crippen molar-refractivity contribution < 1.29 is 14.0 Å². The lowest BCUT2D eigenvalue weighted by molar-refractivity contribution is -0.137. The summed E-state index contributed by atoms with van der Waals surface area (Å²) in [7, 11) is -1.91. The molecule has 0 aliphatic heterocycles. The van der Waals surface area contributed by atoms with E-state index in [2.05, 4.69) is 48.5 Å². The molecular weight excluding hydrogens is 280 g/mol. The van der Waals surface area contributed by atoms with Crippen LogP contribution in [-0.4, -0.2) is 27.0 Å². The van der Waals surface area contributed by atoms with Crippen molar-refractivity contribution >= 4 is 14.3 Å². The number of carbonyl (C=O) groups is 1. The van der Waals surface area contributed by atoms with E-state index in [1.165, 1.54) is 6.08 Å². The summed E-state index contributed by atoms with van der Waals surface area (Å²) in [5.41, 5.74) is 1.63. The molecule has 21 heavy (non-hydrogen) atoms. The van der Waals surface area contributed by atoms with Gasteiger partial charge < -0.3 is 9.16 Å². The molecule has 0 amide bonds. The van der Waals surface area contributed by atoms with Crippen LogP contribution in [0.3, 0.4) is 0 Å². The van der Waals surface area contributed by atoms with Crippen LogP contribution in [0.1, 0.15) is 61.8 Å². The second-order valence-corrected chi connectivity index (χ2v) is 11.9. The number of hydrogen-bond acceptors (Lipinski definition) is 3. The van der Waals surface area contributed by atoms with E-state index in [4.69, 9.17) is 9.16 Å². The largest absolute Gasteiger partial charge is 0.463 e. The number of rotatable bonds is 9. The molecule has 0 unspecified atom stereocenters. The second-order valence-electron chi connectivity index (χ2n) is 6.49. The molecule has 0 aromatic heterocycles. The molecule has 0 radical (unpaired) electrons. The highest BCUT2D eigenvalue weighted by Crippen LogP contribution is 2.43. The summed E-state index contributed by atoms with van der Waals surface area (Å²) in [5, 5.41) is 0. The summed E-state index contributed by atoms with van der Waals surface area (Å²) < 4.78 is 11.6. The summed E-state index contributed by atoms with van der Waals surface area (Å²) in [6, 6.07) is 0. The molecule has 124 valence electrons. The highest BCUT2D eigenvalue weighted by Gasteiger charge is 2.46. The van der Waals surface area contributed by atoms with Crippen LogP contribution in [0.2, 0.25) is 16.6 Å². The van der Waals surface area contributed by atoms with Gasteiger partial charge in [0.2, 0.25) is 8.32 Å². The first-order chi connectivity index (χ1) is 9.72. The van der Waals surface area contributed by atoms with E-state index in [0.717, 1.165) is 6.42 Å². The van der Waals surface area contributed by atoms with Crippen molar-refractivity contribution in [3.8, 4) is 0 Å². The molecule has 0 saturated heterocycles. The van der Waals surface area contributed by atoms with Gasteiger partial charge in [0, 0.05) is 6.08 Å². The third kappa shape index (κ3) is 5.59. The number of hydrogen-bond donors (Lipinski definition) is 0.